The summed E-state index contributed by atoms with van der Waals surface area (Å²) in [6, 6.07) is 10.8. The molecule has 0 N–H and O–H groups in total. The topological polar surface area (TPSA) is 34.0 Å². The van der Waals surface area contributed by atoms with Crippen LogP contribution in [-0.4, -0.2) is 39.3 Å². The SMILES string of the molecule is CCCn1cnnc1C1CCN(CCc2ccccc2)CC1. The molecular weight excluding hydrogens is 272 g/mol. The lowest BCUT2D eigenvalue weighted by atomic mass is 9.95. The van der Waals surface area contributed by atoms with Gasteiger partial charge in [0.15, 0.2) is 0 Å². The summed E-state index contributed by atoms with van der Waals surface area (Å²) in [7, 11) is 0. The van der Waals surface area contributed by atoms with Gasteiger partial charge in [0.2, 0.25) is 0 Å². The van der Waals surface area contributed by atoms with Crippen LogP contribution in [0.3, 0.4) is 0 Å². The summed E-state index contributed by atoms with van der Waals surface area (Å²) in [6.07, 6.45) is 6.59. The first-order chi connectivity index (χ1) is 10.9. The molecule has 0 unspecified atom stereocenters. The Morgan fingerprint density at radius 3 is 2.59 bits per heavy atom. The molecule has 0 aliphatic carbocycles. The number of aromatic nitrogens is 3. The van der Waals surface area contributed by atoms with Crippen molar-refractivity contribution >= 4 is 0 Å². The molecule has 1 fully saturated rings. The van der Waals surface area contributed by atoms with Crippen LogP contribution in [0.15, 0.2) is 36.7 Å². The van der Waals surface area contributed by atoms with Gasteiger partial charge in [-0.1, -0.05) is 37.3 Å². The number of hydrogen-bond donors (Lipinski definition) is 0. The smallest absolute Gasteiger partial charge is 0.136 e. The average molecular weight is 298 g/mol. The first kappa shape index (κ1) is 15.2. The number of piperidine rings is 1. The normalized spacial score (nSPS) is 17.0. The van der Waals surface area contributed by atoms with E-state index in [1.807, 2.05) is 6.33 Å². The summed E-state index contributed by atoms with van der Waals surface area (Å²) in [6.45, 7) is 6.76. The third-order valence-corrected chi connectivity index (χ3v) is 4.62. The zero-order chi connectivity index (χ0) is 15.2. The zero-order valence-corrected chi connectivity index (χ0v) is 13.5. The lowest BCUT2D eigenvalue weighted by molar-refractivity contribution is 0.209. The van der Waals surface area contributed by atoms with Crippen molar-refractivity contribution in [2.45, 2.75) is 45.1 Å². The molecule has 4 heteroatoms. The van der Waals surface area contributed by atoms with Crippen molar-refractivity contribution in [3.8, 4) is 0 Å². The van der Waals surface area contributed by atoms with E-state index in [1.54, 1.807) is 0 Å². The van der Waals surface area contributed by atoms with Crippen molar-refractivity contribution in [1.29, 1.82) is 0 Å². The van der Waals surface area contributed by atoms with Gasteiger partial charge >= 0.3 is 0 Å². The highest BCUT2D eigenvalue weighted by atomic mass is 15.3. The van der Waals surface area contributed by atoms with E-state index >= 15 is 0 Å². The van der Waals surface area contributed by atoms with Gasteiger partial charge in [-0.2, -0.15) is 0 Å². The second kappa shape index (κ2) is 7.54. The molecule has 1 aromatic carbocycles. The van der Waals surface area contributed by atoms with Crippen LogP contribution in [0.4, 0.5) is 0 Å². The van der Waals surface area contributed by atoms with Gasteiger partial charge in [-0.05, 0) is 44.3 Å². The zero-order valence-electron chi connectivity index (χ0n) is 13.5. The monoisotopic (exact) mass is 298 g/mol. The van der Waals surface area contributed by atoms with Crippen LogP contribution < -0.4 is 0 Å². The minimum absolute atomic E-state index is 0.585. The fourth-order valence-electron chi connectivity index (χ4n) is 3.34. The first-order valence-corrected chi connectivity index (χ1v) is 8.51. The quantitative estimate of drug-likeness (QED) is 0.822. The molecule has 0 spiro atoms. The van der Waals surface area contributed by atoms with E-state index in [0.29, 0.717) is 5.92 Å². The lowest BCUT2D eigenvalue weighted by Gasteiger charge is -2.31. The van der Waals surface area contributed by atoms with Crippen LogP contribution in [0, 0.1) is 0 Å². The Kier molecular flexibility index (Phi) is 5.22. The van der Waals surface area contributed by atoms with Crippen LogP contribution in [0.5, 0.6) is 0 Å². The second-order valence-corrected chi connectivity index (χ2v) is 6.23. The van der Waals surface area contributed by atoms with Crippen LogP contribution in [-0.2, 0) is 13.0 Å². The summed E-state index contributed by atoms with van der Waals surface area (Å²) in [5.74, 6) is 1.78. The summed E-state index contributed by atoms with van der Waals surface area (Å²) >= 11 is 0. The Balaban J connectivity index is 1.49. The number of nitrogens with zero attached hydrogens (tertiary/aromatic N) is 4. The molecule has 3 rings (SSSR count). The molecule has 22 heavy (non-hydrogen) atoms. The number of hydrogen-bond acceptors (Lipinski definition) is 3. The number of likely N-dealkylation sites (tertiary alicyclic amines) is 1. The van der Waals surface area contributed by atoms with Gasteiger partial charge in [0.1, 0.15) is 12.2 Å². The Morgan fingerprint density at radius 2 is 1.86 bits per heavy atom. The summed E-state index contributed by atoms with van der Waals surface area (Å²) < 4.78 is 2.24. The fourth-order valence-corrected chi connectivity index (χ4v) is 3.34. The highest BCUT2D eigenvalue weighted by Crippen LogP contribution is 2.26. The lowest BCUT2D eigenvalue weighted by Crippen LogP contribution is -2.35. The predicted molar refractivity (Wildman–Crippen MR) is 88.9 cm³/mol. The Morgan fingerprint density at radius 1 is 1.09 bits per heavy atom. The van der Waals surface area contributed by atoms with E-state index in [2.05, 4.69) is 56.9 Å². The molecule has 4 nitrogen and oxygen atoms in total. The molecule has 0 atom stereocenters. The third kappa shape index (κ3) is 3.74. The molecule has 0 bridgehead atoms. The summed E-state index contributed by atoms with van der Waals surface area (Å²) in [4.78, 5) is 2.59. The van der Waals surface area contributed by atoms with Gasteiger partial charge in [0.25, 0.3) is 0 Å². The van der Waals surface area contributed by atoms with Crippen LogP contribution in [0.1, 0.15) is 43.5 Å². The van der Waals surface area contributed by atoms with Crippen molar-refractivity contribution in [2.24, 2.45) is 0 Å². The Hall–Kier alpha value is -1.68. The first-order valence-electron chi connectivity index (χ1n) is 8.51. The van der Waals surface area contributed by atoms with Gasteiger partial charge < -0.3 is 9.47 Å². The summed E-state index contributed by atoms with van der Waals surface area (Å²) in [5.41, 5.74) is 1.44. The van der Waals surface area contributed by atoms with Crippen molar-refractivity contribution in [3.63, 3.8) is 0 Å². The maximum atomic E-state index is 4.37. The van der Waals surface area contributed by atoms with Crippen molar-refractivity contribution in [1.82, 2.24) is 19.7 Å². The van der Waals surface area contributed by atoms with Crippen molar-refractivity contribution in [3.05, 3.63) is 48.0 Å². The molecule has 2 aromatic rings. The van der Waals surface area contributed by atoms with E-state index in [9.17, 15) is 0 Å². The molecule has 0 radical (unpaired) electrons. The van der Waals surface area contributed by atoms with E-state index in [4.69, 9.17) is 0 Å². The number of rotatable bonds is 6. The molecule has 1 saturated heterocycles. The molecule has 1 aliphatic heterocycles. The average Bonchev–Trinajstić information content (AvgIpc) is 3.03. The number of aryl methyl sites for hydroxylation is 1. The second-order valence-electron chi connectivity index (χ2n) is 6.23. The summed E-state index contributed by atoms with van der Waals surface area (Å²) in [5, 5.41) is 8.48. The molecule has 118 valence electrons. The van der Waals surface area contributed by atoms with Gasteiger partial charge in [-0.25, -0.2) is 0 Å². The van der Waals surface area contributed by atoms with Crippen molar-refractivity contribution in [2.75, 3.05) is 19.6 Å². The Labute approximate surface area is 133 Å². The predicted octanol–water partition coefficient (Wildman–Crippen LogP) is 3.11. The maximum absolute atomic E-state index is 4.37. The molecule has 0 saturated carbocycles. The van der Waals surface area contributed by atoms with Crippen LogP contribution >= 0.6 is 0 Å². The Bertz CT molecular complexity index is 555. The molecule has 1 aromatic heterocycles. The van der Waals surface area contributed by atoms with E-state index in [-0.39, 0.29) is 0 Å². The highest BCUT2D eigenvalue weighted by molar-refractivity contribution is 5.15. The number of benzene rings is 1. The van der Waals surface area contributed by atoms with E-state index in [0.717, 1.165) is 19.4 Å². The van der Waals surface area contributed by atoms with E-state index in [1.165, 1.54) is 43.9 Å². The minimum atomic E-state index is 0.585. The largest absolute Gasteiger partial charge is 0.317 e. The van der Waals surface area contributed by atoms with Gasteiger partial charge in [-0.15, -0.1) is 10.2 Å². The van der Waals surface area contributed by atoms with Crippen LogP contribution in [0.2, 0.25) is 0 Å². The molecule has 1 aliphatic rings. The van der Waals surface area contributed by atoms with Gasteiger partial charge in [-0.3, -0.25) is 0 Å². The minimum Gasteiger partial charge on any atom is -0.317 e. The molecular formula is C18H26N4. The van der Waals surface area contributed by atoms with Gasteiger partial charge in [0, 0.05) is 19.0 Å². The fraction of sp³-hybridized carbons (Fsp3) is 0.556. The standard InChI is InChI=1S/C18H26N4/c1-2-11-22-15-19-20-18(22)17-9-13-21(14-10-17)12-8-16-6-4-3-5-7-16/h3-7,15,17H,2,8-14H2,1H3. The van der Waals surface area contributed by atoms with Crippen LogP contribution in [0.25, 0.3) is 0 Å². The van der Waals surface area contributed by atoms with Crippen molar-refractivity contribution < 1.29 is 0 Å². The van der Waals surface area contributed by atoms with E-state index < -0.39 is 0 Å². The maximum Gasteiger partial charge on any atom is 0.136 e. The highest BCUT2D eigenvalue weighted by Gasteiger charge is 2.24. The van der Waals surface area contributed by atoms with Gasteiger partial charge in [0.05, 0.1) is 0 Å². The molecule has 0 amide bonds. The molecule has 2 heterocycles. The third-order valence-electron chi connectivity index (χ3n) is 4.62.